The zero-order valence-electron chi connectivity index (χ0n) is 32.7. The van der Waals surface area contributed by atoms with Crippen LogP contribution in [0.2, 0.25) is 36.3 Å². The SMILES string of the molecule is CC[C@H]1CCC2C3=CC=C4CC(OCC(=O)OC(C)(C)C)(O[Si](C)(C)C(C)(C)C)C[C@H](O[Si](C)(C)C(C)(C)C)[C@]4(C)C3CC[C@@]21C. The van der Waals surface area contributed by atoms with Crippen LogP contribution in [-0.4, -0.2) is 46.7 Å². The number of hydrogen-bond donors (Lipinski definition) is 0. The third kappa shape index (κ3) is 6.97. The van der Waals surface area contributed by atoms with E-state index in [2.05, 4.69) is 101 Å². The van der Waals surface area contributed by atoms with Gasteiger partial charge in [-0.3, -0.25) is 0 Å². The van der Waals surface area contributed by atoms with E-state index in [4.69, 9.17) is 18.3 Å². The summed E-state index contributed by atoms with van der Waals surface area (Å²) in [6.45, 7) is 36.2. The summed E-state index contributed by atoms with van der Waals surface area (Å²) in [6, 6.07) is 0. The minimum Gasteiger partial charge on any atom is -0.458 e. The number of allylic oxidation sites excluding steroid dienone is 3. The summed E-state index contributed by atoms with van der Waals surface area (Å²) < 4.78 is 27.5. The van der Waals surface area contributed by atoms with Gasteiger partial charge in [0.1, 0.15) is 12.2 Å². The Labute approximate surface area is 285 Å². The van der Waals surface area contributed by atoms with Crippen LogP contribution in [0.3, 0.4) is 0 Å². The summed E-state index contributed by atoms with van der Waals surface area (Å²) in [5, 5.41) is 0.0369. The van der Waals surface area contributed by atoms with Gasteiger partial charge in [0.05, 0.1) is 6.10 Å². The summed E-state index contributed by atoms with van der Waals surface area (Å²) in [5.41, 5.74) is 2.71. The second kappa shape index (κ2) is 12.2. The molecule has 0 bridgehead atoms. The molecule has 0 aliphatic heterocycles. The van der Waals surface area contributed by atoms with Crippen LogP contribution >= 0.6 is 0 Å². The predicted molar refractivity (Wildman–Crippen MR) is 196 cm³/mol. The highest BCUT2D eigenvalue weighted by Crippen LogP contribution is 2.67. The van der Waals surface area contributed by atoms with Crippen molar-refractivity contribution in [3.05, 3.63) is 23.3 Å². The van der Waals surface area contributed by atoms with Gasteiger partial charge >= 0.3 is 5.97 Å². The summed E-state index contributed by atoms with van der Waals surface area (Å²) in [6.07, 6.45) is 12.5. The monoisotopic (exact) mass is 674 g/mol. The lowest BCUT2D eigenvalue weighted by molar-refractivity contribution is -0.236. The molecule has 0 aromatic rings. The Kier molecular flexibility index (Phi) is 10.1. The van der Waals surface area contributed by atoms with Crippen molar-refractivity contribution in [3.63, 3.8) is 0 Å². The molecule has 3 saturated carbocycles. The zero-order chi connectivity index (χ0) is 34.9. The molecule has 0 saturated heterocycles. The molecule has 46 heavy (non-hydrogen) atoms. The Hall–Kier alpha value is -0.736. The Morgan fingerprint density at radius 1 is 0.870 bits per heavy atom. The lowest BCUT2D eigenvalue weighted by atomic mass is 9.49. The molecule has 0 heterocycles. The van der Waals surface area contributed by atoms with Crippen LogP contribution in [0.15, 0.2) is 23.3 Å². The van der Waals surface area contributed by atoms with Gasteiger partial charge in [-0.05, 0) is 106 Å². The fourth-order valence-corrected chi connectivity index (χ4v) is 11.7. The third-order valence-electron chi connectivity index (χ3n) is 13.7. The number of esters is 1. The molecule has 3 unspecified atom stereocenters. The first kappa shape index (κ1) is 38.1. The quantitative estimate of drug-likeness (QED) is 0.146. The van der Waals surface area contributed by atoms with Crippen LogP contribution in [0.5, 0.6) is 0 Å². The number of carbonyl (C=O) groups is 1. The molecule has 0 amide bonds. The lowest BCUT2D eigenvalue weighted by Gasteiger charge is -2.61. The first-order valence-corrected chi connectivity index (χ1v) is 24.2. The van der Waals surface area contributed by atoms with Crippen molar-refractivity contribution in [2.75, 3.05) is 6.61 Å². The van der Waals surface area contributed by atoms with Crippen molar-refractivity contribution in [1.29, 1.82) is 0 Å². The molecule has 0 spiro atoms. The summed E-state index contributed by atoms with van der Waals surface area (Å²) >= 11 is 0. The van der Waals surface area contributed by atoms with Crippen molar-refractivity contribution in [2.24, 2.45) is 28.6 Å². The molecule has 0 aromatic carbocycles. The van der Waals surface area contributed by atoms with Crippen LogP contribution in [0.1, 0.15) is 128 Å². The predicted octanol–water partition coefficient (Wildman–Crippen LogP) is 11.0. The maximum absolute atomic E-state index is 13.1. The van der Waals surface area contributed by atoms with Gasteiger partial charge in [0.2, 0.25) is 0 Å². The van der Waals surface area contributed by atoms with E-state index in [9.17, 15) is 4.79 Å². The largest absolute Gasteiger partial charge is 0.458 e. The highest BCUT2D eigenvalue weighted by Gasteiger charge is 2.63. The normalized spacial score (nSPS) is 35.5. The highest BCUT2D eigenvalue weighted by atomic mass is 28.4. The van der Waals surface area contributed by atoms with E-state index < -0.39 is 28.0 Å². The van der Waals surface area contributed by atoms with Gasteiger partial charge in [-0.25, -0.2) is 4.79 Å². The van der Waals surface area contributed by atoms with Gasteiger partial charge in [0.15, 0.2) is 22.4 Å². The second-order valence-electron chi connectivity index (χ2n) is 19.9. The molecule has 264 valence electrons. The summed E-state index contributed by atoms with van der Waals surface area (Å²) in [4.78, 5) is 13.1. The summed E-state index contributed by atoms with van der Waals surface area (Å²) in [5.74, 6) is 0.604. The number of ether oxygens (including phenoxy) is 2. The Bertz CT molecular complexity index is 1210. The molecule has 0 N–H and O–H groups in total. The van der Waals surface area contributed by atoms with E-state index in [1.54, 1.807) is 5.57 Å². The summed E-state index contributed by atoms with van der Waals surface area (Å²) in [7, 11) is -4.53. The van der Waals surface area contributed by atoms with E-state index >= 15 is 0 Å². The van der Waals surface area contributed by atoms with Gasteiger partial charge in [-0.2, -0.15) is 0 Å². The molecular formula is C39H70O5Si2. The number of hydrogen-bond acceptors (Lipinski definition) is 5. The first-order chi connectivity index (χ1) is 20.7. The molecule has 3 fully saturated rings. The molecule has 5 nitrogen and oxygen atoms in total. The van der Waals surface area contributed by atoms with Crippen molar-refractivity contribution < 1.29 is 23.1 Å². The van der Waals surface area contributed by atoms with Gasteiger partial charge in [0, 0.05) is 18.3 Å². The van der Waals surface area contributed by atoms with E-state index in [0.717, 1.165) is 5.92 Å². The topological polar surface area (TPSA) is 54.0 Å². The van der Waals surface area contributed by atoms with Crippen LogP contribution in [0, 0.1) is 28.6 Å². The van der Waals surface area contributed by atoms with E-state index in [1.165, 1.54) is 37.7 Å². The zero-order valence-corrected chi connectivity index (χ0v) is 34.7. The first-order valence-electron chi connectivity index (χ1n) is 18.4. The maximum Gasteiger partial charge on any atom is 0.332 e. The smallest absolute Gasteiger partial charge is 0.332 e. The van der Waals surface area contributed by atoms with Gasteiger partial charge < -0.3 is 18.3 Å². The van der Waals surface area contributed by atoms with E-state index in [-0.39, 0.29) is 34.2 Å². The van der Waals surface area contributed by atoms with Crippen molar-refractivity contribution in [2.45, 2.75) is 182 Å². The van der Waals surface area contributed by atoms with Crippen LogP contribution in [0.25, 0.3) is 0 Å². The minimum absolute atomic E-state index is 0.0219. The number of rotatable bonds is 8. The molecule has 4 aliphatic carbocycles. The van der Waals surface area contributed by atoms with Crippen molar-refractivity contribution >= 4 is 22.6 Å². The lowest BCUT2D eigenvalue weighted by Crippen LogP contribution is -2.63. The average molecular weight is 675 g/mol. The van der Waals surface area contributed by atoms with E-state index in [1.807, 2.05) is 20.8 Å². The fourth-order valence-electron chi connectivity index (χ4n) is 8.88. The minimum atomic E-state index is -2.33. The molecule has 4 rings (SSSR count). The molecule has 4 aliphatic rings. The number of fused-ring (bicyclic) bond motifs is 5. The van der Waals surface area contributed by atoms with Gasteiger partial charge in [-0.15, -0.1) is 0 Å². The molecule has 0 radical (unpaired) electrons. The molecule has 7 atom stereocenters. The van der Waals surface area contributed by atoms with Crippen molar-refractivity contribution in [3.8, 4) is 0 Å². The van der Waals surface area contributed by atoms with Gasteiger partial charge in [-0.1, -0.05) is 92.0 Å². The average Bonchev–Trinajstić information content (AvgIpc) is 3.22. The van der Waals surface area contributed by atoms with Gasteiger partial charge in [0.25, 0.3) is 0 Å². The standard InChI is InChI=1S/C39H70O5Si2/c1-17-27-19-21-30-29-20-18-28-24-39(44-46(15,16)36(8,9)10,41-26-33(40)42-34(2,3)4)25-32(43-45(13,14)35(5,6)7)38(28,12)31(29)22-23-37(27,30)11/h18,20,27,30-32H,17,19,21-26H2,1-16H3/t27-,30?,31?,32-,37+,38-,39?/m0/s1. The Morgan fingerprint density at radius 2 is 1.48 bits per heavy atom. The van der Waals surface area contributed by atoms with E-state index in [0.29, 0.717) is 30.1 Å². The molecule has 0 aromatic heterocycles. The van der Waals surface area contributed by atoms with Crippen LogP contribution in [0.4, 0.5) is 0 Å². The van der Waals surface area contributed by atoms with Crippen molar-refractivity contribution in [1.82, 2.24) is 0 Å². The molecule has 7 heteroatoms. The Morgan fingerprint density at radius 3 is 2.02 bits per heavy atom. The second-order valence-corrected chi connectivity index (χ2v) is 29.4. The Balaban J connectivity index is 1.84. The maximum atomic E-state index is 13.1. The number of carbonyl (C=O) groups excluding carboxylic acids is 1. The third-order valence-corrected chi connectivity index (χ3v) is 22.7. The van der Waals surface area contributed by atoms with Crippen LogP contribution < -0.4 is 0 Å². The highest BCUT2D eigenvalue weighted by molar-refractivity contribution is 6.74. The fraction of sp³-hybridized carbons (Fsp3) is 0.872. The van der Waals surface area contributed by atoms with Crippen LogP contribution in [-0.2, 0) is 23.1 Å². The molecular weight excluding hydrogens is 605 g/mol.